The van der Waals surface area contributed by atoms with Gasteiger partial charge in [0.05, 0.1) is 0 Å². The molecule has 2 atom stereocenters. The Bertz CT molecular complexity index is 287. The molecule has 0 saturated carbocycles. The molecule has 1 heteroatoms. The van der Waals surface area contributed by atoms with Crippen LogP contribution < -0.4 is 5.73 Å². The zero-order chi connectivity index (χ0) is 11.4. The lowest BCUT2D eigenvalue weighted by molar-refractivity contribution is -0.438. The summed E-state index contributed by atoms with van der Waals surface area (Å²) in [6, 6.07) is 9.39. The van der Waals surface area contributed by atoms with Gasteiger partial charge < -0.3 is 5.73 Å². The molecular weight excluding hydrogens is 182 g/mol. The van der Waals surface area contributed by atoms with Gasteiger partial charge in [-0.15, -0.1) is 0 Å². The average Bonchev–Trinajstić information content (AvgIpc) is 2.27. The molecule has 0 aliphatic rings. The Labute approximate surface area is 93.7 Å². The molecule has 0 bridgehead atoms. The first-order chi connectivity index (χ1) is 7.06. The molecule has 0 aromatic heterocycles. The second-order valence-corrected chi connectivity index (χ2v) is 4.83. The van der Waals surface area contributed by atoms with E-state index in [2.05, 4.69) is 57.7 Å². The van der Waals surface area contributed by atoms with Crippen LogP contribution in [0.1, 0.15) is 57.2 Å². The van der Waals surface area contributed by atoms with Crippen LogP contribution in [0.15, 0.2) is 24.3 Å². The molecule has 0 heterocycles. The van der Waals surface area contributed by atoms with Crippen molar-refractivity contribution in [3.05, 3.63) is 35.4 Å². The third-order valence-electron chi connectivity index (χ3n) is 3.35. The summed E-state index contributed by atoms with van der Waals surface area (Å²) in [6.45, 7) is 8.95. The van der Waals surface area contributed by atoms with Crippen LogP contribution in [-0.2, 0) is 0 Å². The Balaban J connectivity index is 2.80. The molecule has 3 N–H and O–H groups in total. The summed E-state index contributed by atoms with van der Waals surface area (Å²) in [7, 11) is 0. The number of quaternary nitrogens is 1. The molecule has 0 aliphatic heterocycles. The summed E-state index contributed by atoms with van der Waals surface area (Å²) < 4.78 is 0. The SMILES string of the molecule is CC[C@@H](C)c1ccc([C@@H]([NH3+])C(C)C)cc1. The second-order valence-electron chi connectivity index (χ2n) is 4.83. The molecule has 0 radical (unpaired) electrons. The van der Waals surface area contributed by atoms with Crippen LogP contribution in [0.3, 0.4) is 0 Å². The minimum Gasteiger partial charge on any atom is -0.351 e. The molecule has 1 aromatic rings. The van der Waals surface area contributed by atoms with Gasteiger partial charge in [-0.05, 0) is 17.9 Å². The van der Waals surface area contributed by atoms with Gasteiger partial charge in [-0.2, -0.15) is 0 Å². The van der Waals surface area contributed by atoms with E-state index in [0.29, 0.717) is 17.9 Å². The standard InChI is InChI=1S/C14H23N/c1-5-11(4)12-6-8-13(9-7-12)14(15)10(2)3/h6-11,14H,5,15H2,1-4H3/p+1/t11-,14+/m1/s1. The van der Waals surface area contributed by atoms with Crippen molar-refractivity contribution < 1.29 is 5.73 Å². The van der Waals surface area contributed by atoms with Crippen LogP contribution in [0.5, 0.6) is 0 Å². The van der Waals surface area contributed by atoms with E-state index in [1.54, 1.807) is 0 Å². The van der Waals surface area contributed by atoms with Gasteiger partial charge in [-0.3, -0.25) is 0 Å². The highest BCUT2D eigenvalue weighted by atomic mass is 14.6. The zero-order valence-corrected chi connectivity index (χ0v) is 10.5. The predicted molar refractivity (Wildman–Crippen MR) is 65.6 cm³/mol. The van der Waals surface area contributed by atoms with Gasteiger partial charge in [0.1, 0.15) is 6.04 Å². The molecule has 0 fully saturated rings. The molecule has 0 spiro atoms. The third-order valence-corrected chi connectivity index (χ3v) is 3.35. The lowest BCUT2D eigenvalue weighted by Crippen LogP contribution is -2.55. The van der Waals surface area contributed by atoms with E-state index < -0.39 is 0 Å². The maximum atomic E-state index is 4.20. The van der Waals surface area contributed by atoms with E-state index in [9.17, 15) is 0 Å². The molecule has 1 nitrogen and oxygen atoms in total. The fourth-order valence-electron chi connectivity index (χ4n) is 1.69. The van der Waals surface area contributed by atoms with Gasteiger partial charge in [-0.1, -0.05) is 52.0 Å². The van der Waals surface area contributed by atoms with Crippen LogP contribution in [-0.4, -0.2) is 0 Å². The number of benzene rings is 1. The van der Waals surface area contributed by atoms with E-state index in [1.807, 2.05) is 0 Å². The van der Waals surface area contributed by atoms with E-state index >= 15 is 0 Å². The van der Waals surface area contributed by atoms with Crippen molar-refractivity contribution in [2.45, 2.75) is 46.1 Å². The first-order valence-corrected chi connectivity index (χ1v) is 5.99. The van der Waals surface area contributed by atoms with Crippen molar-refractivity contribution in [3.8, 4) is 0 Å². The van der Waals surface area contributed by atoms with Gasteiger partial charge in [0.25, 0.3) is 0 Å². The van der Waals surface area contributed by atoms with E-state index in [4.69, 9.17) is 0 Å². The number of hydrogen-bond acceptors (Lipinski definition) is 0. The van der Waals surface area contributed by atoms with E-state index in [0.717, 1.165) is 0 Å². The summed E-state index contributed by atoms with van der Waals surface area (Å²) in [5.41, 5.74) is 7.00. The van der Waals surface area contributed by atoms with Gasteiger partial charge in [0, 0.05) is 11.5 Å². The lowest BCUT2D eigenvalue weighted by atomic mass is 9.93. The summed E-state index contributed by atoms with van der Waals surface area (Å²) in [6.07, 6.45) is 1.21. The van der Waals surface area contributed by atoms with E-state index in [1.165, 1.54) is 17.5 Å². The van der Waals surface area contributed by atoms with Crippen LogP contribution in [0.4, 0.5) is 0 Å². The molecule has 84 valence electrons. The fourth-order valence-corrected chi connectivity index (χ4v) is 1.69. The normalized spacial score (nSPS) is 15.3. The first kappa shape index (κ1) is 12.3. The van der Waals surface area contributed by atoms with Crippen molar-refractivity contribution in [2.24, 2.45) is 5.92 Å². The van der Waals surface area contributed by atoms with Gasteiger partial charge >= 0.3 is 0 Å². The minimum atomic E-state index is 0.413. The minimum absolute atomic E-state index is 0.413. The molecule has 0 unspecified atom stereocenters. The Morgan fingerprint density at radius 1 is 1.00 bits per heavy atom. The summed E-state index contributed by atoms with van der Waals surface area (Å²) >= 11 is 0. The fraction of sp³-hybridized carbons (Fsp3) is 0.571. The molecular formula is C14H24N+. The Kier molecular flexibility index (Phi) is 4.34. The van der Waals surface area contributed by atoms with Gasteiger partial charge in [0.15, 0.2) is 0 Å². The quantitative estimate of drug-likeness (QED) is 0.784. The topological polar surface area (TPSA) is 27.6 Å². The monoisotopic (exact) mass is 206 g/mol. The highest BCUT2D eigenvalue weighted by Gasteiger charge is 2.14. The van der Waals surface area contributed by atoms with Crippen molar-refractivity contribution in [2.75, 3.05) is 0 Å². The van der Waals surface area contributed by atoms with Gasteiger partial charge in [0.2, 0.25) is 0 Å². The number of hydrogen-bond donors (Lipinski definition) is 1. The van der Waals surface area contributed by atoms with Crippen LogP contribution >= 0.6 is 0 Å². The molecule has 1 rings (SSSR count). The van der Waals surface area contributed by atoms with Crippen LogP contribution in [0, 0.1) is 5.92 Å². The maximum Gasteiger partial charge on any atom is 0.112 e. The smallest absolute Gasteiger partial charge is 0.112 e. The molecule has 15 heavy (non-hydrogen) atoms. The maximum absolute atomic E-state index is 4.20. The lowest BCUT2D eigenvalue weighted by Gasteiger charge is -2.14. The van der Waals surface area contributed by atoms with Crippen molar-refractivity contribution in [1.82, 2.24) is 0 Å². The summed E-state index contributed by atoms with van der Waals surface area (Å²) in [5.74, 6) is 1.28. The highest BCUT2D eigenvalue weighted by molar-refractivity contribution is 5.26. The molecule has 0 aliphatic carbocycles. The van der Waals surface area contributed by atoms with Crippen LogP contribution in [0.25, 0.3) is 0 Å². The highest BCUT2D eigenvalue weighted by Crippen LogP contribution is 2.22. The van der Waals surface area contributed by atoms with Gasteiger partial charge in [-0.25, -0.2) is 0 Å². The summed E-state index contributed by atoms with van der Waals surface area (Å²) in [5, 5.41) is 0. The van der Waals surface area contributed by atoms with E-state index in [-0.39, 0.29) is 0 Å². The predicted octanol–water partition coefficient (Wildman–Crippen LogP) is 3.14. The Morgan fingerprint density at radius 2 is 1.47 bits per heavy atom. The van der Waals surface area contributed by atoms with Crippen molar-refractivity contribution >= 4 is 0 Å². The summed E-state index contributed by atoms with van der Waals surface area (Å²) in [4.78, 5) is 0. The van der Waals surface area contributed by atoms with Crippen molar-refractivity contribution in [1.29, 1.82) is 0 Å². The average molecular weight is 206 g/mol. The van der Waals surface area contributed by atoms with Crippen molar-refractivity contribution in [3.63, 3.8) is 0 Å². The molecule has 0 saturated heterocycles. The molecule has 1 aromatic carbocycles. The third kappa shape index (κ3) is 3.07. The molecule has 0 amide bonds. The Hall–Kier alpha value is -0.820. The number of rotatable bonds is 4. The zero-order valence-electron chi connectivity index (χ0n) is 10.5. The van der Waals surface area contributed by atoms with Crippen LogP contribution in [0.2, 0.25) is 0 Å². The Morgan fingerprint density at radius 3 is 1.87 bits per heavy atom. The first-order valence-electron chi connectivity index (χ1n) is 5.99. The second kappa shape index (κ2) is 5.32. The largest absolute Gasteiger partial charge is 0.351 e.